The molecule has 2 aliphatic heterocycles. The summed E-state index contributed by atoms with van der Waals surface area (Å²) >= 11 is 5.51. The van der Waals surface area contributed by atoms with Gasteiger partial charge in [0.2, 0.25) is 17.7 Å². The minimum atomic E-state index is -5.19. The first-order valence-electron chi connectivity index (χ1n) is 18.5. The number of carbonyl (C=O) groups excluding carboxylic acids is 3. The third-order valence-electron chi connectivity index (χ3n) is 9.89. The van der Waals surface area contributed by atoms with Crippen LogP contribution in [-0.2, 0) is 25.3 Å². The van der Waals surface area contributed by atoms with Gasteiger partial charge in [-0.2, -0.15) is 18.4 Å². The average Bonchev–Trinajstić information content (AvgIpc) is 3.65. The van der Waals surface area contributed by atoms with Gasteiger partial charge in [0.15, 0.2) is 10.9 Å². The number of alkyl halides is 3. The minimum Gasteiger partial charge on any atom is -0.478 e. The summed E-state index contributed by atoms with van der Waals surface area (Å²) < 4.78 is 67.8. The second kappa shape index (κ2) is 17.1. The second-order valence-electron chi connectivity index (χ2n) is 15.5. The van der Waals surface area contributed by atoms with Gasteiger partial charge in [0.1, 0.15) is 23.8 Å². The number of likely N-dealkylation sites (tertiary alicyclic amines) is 1. The fourth-order valence-electron chi connectivity index (χ4n) is 6.78. The number of nitrogens with zero attached hydrogens (tertiary/aromatic N) is 6. The molecule has 12 nitrogen and oxygen atoms in total. The van der Waals surface area contributed by atoms with E-state index >= 15 is 4.39 Å². The van der Waals surface area contributed by atoms with Crippen LogP contribution in [0.25, 0.3) is 11.3 Å². The van der Waals surface area contributed by atoms with E-state index in [0.29, 0.717) is 60.3 Å². The number of aromatic nitrogens is 2. The van der Waals surface area contributed by atoms with Crippen molar-refractivity contribution >= 4 is 46.4 Å². The summed E-state index contributed by atoms with van der Waals surface area (Å²) in [7, 11) is 0. The van der Waals surface area contributed by atoms with Crippen molar-refractivity contribution in [3.05, 3.63) is 65.7 Å². The molecule has 0 radical (unpaired) electrons. The van der Waals surface area contributed by atoms with E-state index in [0.717, 1.165) is 25.0 Å². The number of unbranched alkanes of at least 4 members (excludes halogenated alkanes) is 1. The molecule has 304 valence electrons. The predicted molar refractivity (Wildman–Crippen MR) is 208 cm³/mol. The van der Waals surface area contributed by atoms with Crippen LogP contribution in [0.3, 0.4) is 0 Å². The Morgan fingerprint density at radius 3 is 2.37 bits per heavy atom. The van der Waals surface area contributed by atoms with Crippen LogP contribution in [0.5, 0.6) is 5.88 Å². The summed E-state index contributed by atoms with van der Waals surface area (Å²) in [5, 5.41) is 11.7. The SMILES string of the molecule is CC1CCCN1C(=O)[C@@H](NC(=O)COCCCCOc1ccc(-c2ccc(N3C(=S)N(c4ccc(C#N)c(C(F)(F)F)c4F)C(=O)C3(C)C)cn2)cn1)C(C)(C)C. The van der Waals surface area contributed by atoms with E-state index < -0.39 is 51.7 Å². The maximum Gasteiger partial charge on any atom is 0.420 e. The summed E-state index contributed by atoms with van der Waals surface area (Å²) in [5.41, 5.74) is -3.79. The summed E-state index contributed by atoms with van der Waals surface area (Å²) in [6.07, 6.45) is 1.01. The number of anilines is 2. The first kappa shape index (κ1) is 42.9. The highest BCUT2D eigenvalue weighted by atomic mass is 32.1. The summed E-state index contributed by atoms with van der Waals surface area (Å²) in [5.74, 6) is -2.57. The number of hydrogen-bond donors (Lipinski definition) is 1. The lowest BCUT2D eigenvalue weighted by Gasteiger charge is -2.35. The fourth-order valence-corrected chi connectivity index (χ4v) is 7.30. The van der Waals surface area contributed by atoms with Gasteiger partial charge >= 0.3 is 6.18 Å². The van der Waals surface area contributed by atoms with E-state index in [2.05, 4.69) is 15.3 Å². The molecule has 1 N–H and O–H groups in total. The minimum absolute atomic E-state index is 0.0635. The van der Waals surface area contributed by atoms with E-state index in [4.69, 9.17) is 27.0 Å². The number of amides is 3. The molecule has 17 heteroatoms. The number of nitriles is 1. The van der Waals surface area contributed by atoms with Crippen molar-refractivity contribution in [1.29, 1.82) is 5.26 Å². The summed E-state index contributed by atoms with van der Waals surface area (Å²) in [6.45, 7) is 12.0. The molecule has 0 saturated carbocycles. The van der Waals surface area contributed by atoms with Crippen molar-refractivity contribution in [3.63, 3.8) is 0 Å². The number of thiocarbonyl (C=S) groups is 1. The predicted octanol–water partition coefficient (Wildman–Crippen LogP) is 6.81. The number of benzene rings is 1. The third-order valence-corrected chi connectivity index (χ3v) is 10.3. The Morgan fingerprint density at radius 2 is 1.79 bits per heavy atom. The number of pyridine rings is 2. The van der Waals surface area contributed by atoms with E-state index in [1.54, 1.807) is 30.5 Å². The Bertz CT molecular complexity index is 2030. The third kappa shape index (κ3) is 9.34. The Morgan fingerprint density at radius 1 is 1.07 bits per heavy atom. The van der Waals surface area contributed by atoms with Crippen molar-refractivity contribution < 1.29 is 41.4 Å². The Hall–Kier alpha value is -5.21. The van der Waals surface area contributed by atoms with Crippen LogP contribution in [0.1, 0.15) is 78.4 Å². The van der Waals surface area contributed by atoms with Crippen molar-refractivity contribution in [3.8, 4) is 23.2 Å². The molecule has 57 heavy (non-hydrogen) atoms. The molecule has 2 saturated heterocycles. The highest BCUT2D eigenvalue weighted by Crippen LogP contribution is 2.42. The fraction of sp³-hybridized carbons (Fsp3) is 0.475. The lowest BCUT2D eigenvalue weighted by atomic mass is 9.85. The molecule has 4 heterocycles. The van der Waals surface area contributed by atoms with Gasteiger partial charge in [-0.1, -0.05) is 20.8 Å². The lowest BCUT2D eigenvalue weighted by molar-refractivity contribution is -0.141. The maximum atomic E-state index is 15.3. The van der Waals surface area contributed by atoms with Gasteiger partial charge in [-0.3, -0.25) is 24.3 Å². The molecule has 0 aliphatic carbocycles. The van der Waals surface area contributed by atoms with Crippen LogP contribution in [0.15, 0.2) is 48.8 Å². The number of hydrogen-bond acceptors (Lipinski definition) is 9. The second-order valence-corrected chi connectivity index (χ2v) is 15.9. The van der Waals surface area contributed by atoms with Gasteiger partial charge in [0.25, 0.3) is 5.91 Å². The van der Waals surface area contributed by atoms with Gasteiger partial charge in [0, 0.05) is 37.0 Å². The molecule has 3 amide bonds. The summed E-state index contributed by atoms with van der Waals surface area (Å²) in [6, 6.07) is 9.30. The molecule has 2 aliphatic rings. The van der Waals surface area contributed by atoms with Crippen LogP contribution in [0.2, 0.25) is 0 Å². The van der Waals surface area contributed by atoms with Crippen LogP contribution in [-0.4, -0.2) is 81.7 Å². The molecule has 5 rings (SSSR count). The van der Waals surface area contributed by atoms with E-state index in [9.17, 15) is 27.6 Å². The molecule has 3 aromatic rings. The molecule has 1 aromatic carbocycles. The van der Waals surface area contributed by atoms with E-state index in [-0.39, 0.29) is 29.6 Å². The quantitative estimate of drug-likeness (QED) is 0.111. The number of carbonyl (C=O) groups is 3. The monoisotopic (exact) mass is 811 g/mol. The first-order chi connectivity index (χ1) is 26.8. The molecule has 2 aromatic heterocycles. The van der Waals surface area contributed by atoms with Crippen LogP contribution < -0.4 is 19.9 Å². The molecule has 0 spiro atoms. The highest BCUT2D eigenvalue weighted by Gasteiger charge is 2.52. The molecular weight excluding hydrogens is 767 g/mol. The van der Waals surface area contributed by atoms with Crippen LogP contribution >= 0.6 is 12.2 Å². The summed E-state index contributed by atoms with van der Waals surface area (Å²) in [4.78, 5) is 52.1. The van der Waals surface area contributed by atoms with Crippen LogP contribution in [0, 0.1) is 22.6 Å². The van der Waals surface area contributed by atoms with Crippen molar-refractivity contribution in [2.24, 2.45) is 5.41 Å². The van der Waals surface area contributed by atoms with Crippen molar-refractivity contribution in [2.75, 3.05) is 36.2 Å². The number of halogens is 4. The number of ether oxygens (including phenoxy) is 2. The van der Waals surface area contributed by atoms with E-state index in [1.165, 1.54) is 31.0 Å². The lowest BCUT2D eigenvalue weighted by Crippen LogP contribution is -2.56. The topological polar surface area (TPSA) is 141 Å². The van der Waals surface area contributed by atoms with Gasteiger partial charge in [-0.15, -0.1) is 0 Å². The number of nitrogens with one attached hydrogen (secondary N) is 1. The molecule has 0 bridgehead atoms. The standard InChI is InChI=1S/C40H45F4N7O5S/c1-24-10-9-17-49(24)35(53)34(38(2,3)4)48-30(52)23-55-18-7-8-19-56-31-16-12-26(21-47-31)28-14-13-27(22-46-28)51-37(57)50(36(54)39(51,5)6)29-15-11-25(20-45)32(33(29)41)40(42,43)44/h11-16,21-22,24,34H,7-10,17-19,23H2,1-6H3,(H,48,52)/t24?,34-/m1/s1. The zero-order chi connectivity index (χ0) is 41.9. The highest BCUT2D eigenvalue weighted by molar-refractivity contribution is 7.81. The Balaban J connectivity index is 1.11. The smallest absolute Gasteiger partial charge is 0.420 e. The zero-order valence-electron chi connectivity index (χ0n) is 32.6. The molecular formula is C40H45F4N7O5S. The van der Waals surface area contributed by atoms with Gasteiger partial charge in [-0.25, -0.2) is 9.37 Å². The largest absolute Gasteiger partial charge is 0.478 e. The Kier molecular flexibility index (Phi) is 12.9. The van der Waals surface area contributed by atoms with Gasteiger partial charge < -0.3 is 24.6 Å². The van der Waals surface area contributed by atoms with Crippen molar-refractivity contribution in [1.82, 2.24) is 20.2 Å². The maximum absolute atomic E-state index is 15.3. The molecule has 2 atom stereocenters. The van der Waals surface area contributed by atoms with Crippen LogP contribution in [0.4, 0.5) is 28.9 Å². The normalized spacial score (nSPS) is 17.5. The van der Waals surface area contributed by atoms with Gasteiger partial charge in [0.05, 0.1) is 41.5 Å². The van der Waals surface area contributed by atoms with Crippen molar-refractivity contribution in [2.45, 2.75) is 91.0 Å². The number of rotatable bonds is 13. The zero-order valence-corrected chi connectivity index (χ0v) is 33.4. The average molecular weight is 812 g/mol. The first-order valence-corrected chi connectivity index (χ1v) is 18.9. The van der Waals surface area contributed by atoms with Gasteiger partial charge in [-0.05, 0) is 94.4 Å². The van der Waals surface area contributed by atoms with E-state index in [1.807, 2.05) is 32.6 Å². The Labute approximate surface area is 334 Å². The molecule has 1 unspecified atom stereocenters. The molecule has 2 fully saturated rings.